The number of hydrogen-bond acceptors (Lipinski definition) is 3. The van der Waals surface area contributed by atoms with Crippen molar-refractivity contribution in [3.63, 3.8) is 0 Å². The SMILES string of the molecule is Cc1cc(-c2ccc3[nH]nc(N)c3c2)ccn1. The van der Waals surface area contributed by atoms with Gasteiger partial charge in [0.15, 0.2) is 5.82 Å². The summed E-state index contributed by atoms with van der Waals surface area (Å²) >= 11 is 0. The first-order chi connectivity index (χ1) is 8.24. The molecule has 0 radical (unpaired) electrons. The quantitative estimate of drug-likeness (QED) is 0.667. The Labute approximate surface area is 98.5 Å². The first-order valence-corrected chi connectivity index (χ1v) is 5.41. The van der Waals surface area contributed by atoms with Gasteiger partial charge in [0.05, 0.1) is 5.52 Å². The summed E-state index contributed by atoms with van der Waals surface area (Å²) in [6.07, 6.45) is 1.81. The highest BCUT2D eigenvalue weighted by atomic mass is 15.1. The molecule has 84 valence electrons. The second-order valence-corrected chi connectivity index (χ2v) is 4.06. The van der Waals surface area contributed by atoms with Crippen LogP contribution in [0.2, 0.25) is 0 Å². The molecule has 2 aromatic heterocycles. The molecule has 0 unspecified atom stereocenters. The topological polar surface area (TPSA) is 67.6 Å². The van der Waals surface area contributed by atoms with Gasteiger partial charge in [0, 0.05) is 17.3 Å². The summed E-state index contributed by atoms with van der Waals surface area (Å²) in [6.45, 7) is 1.98. The van der Waals surface area contributed by atoms with E-state index in [1.807, 2.05) is 31.3 Å². The minimum absolute atomic E-state index is 0.535. The Balaban J connectivity index is 2.20. The van der Waals surface area contributed by atoms with Crippen LogP contribution in [0.5, 0.6) is 0 Å². The van der Waals surface area contributed by atoms with Gasteiger partial charge in [0.1, 0.15) is 0 Å². The highest BCUT2D eigenvalue weighted by Gasteiger charge is 2.04. The molecule has 17 heavy (non-hydrogen) atoms. The molecule has 0 amide bonds. The number of anilines is 1. The number of nitrogens with zero attached hydrogens (tertiary/aromatic N) is 2. The minimum Gasteiger partial charge on any atom is -0.382 e. The number of aryl methyl sites for hydroxylation is 1. The molecule has 0 aliphatic carbocycles. The van der Waals surface area contributed by atoms with Crippen LogP contribution in [0.3, 0.4) is 0 Å². The lowest BCUT2D eigenvalue weighted by Gasteiger charge is -2.02. The van der Waals surface area contributed by atoms with E-state index in [-0.39, 0.29) is 0 Å². The molecule has 0 atom stereocenters. The molecule has 0 fully saturated rings. The van der Waals surface area contributed by atoms with Gasteiger partial charge in [0.25, 0.3) is 0 Å². The number of nitrogen functional groups attached to an aromatic ring is 1. The maximum absolute atomic E-state index is 5.80. The normalized spacial score (nSPS) is 10.9. The molecular weight excluding hydrogens is 212 g/mol. The highest BCUT2D eigenvalue weighted by molar-refractivity contribution is 5.92. The van der Waals surface area contributed by atoms with Crippen molar-refractivity contribution >= 4 is 16.7 Å². The van der Waals surface area contributed by atoms with Crippen LogP contribution in [0.1, 0.15) is 5.69 Å². The van der Waals surface area contributed by atoms with Crippen molar-refractivity contribution in [2.45, 2.75) is 6.92 Å². The fourth-order valence-electron chi connectivity index (χ4n) is 1.94. The lowest BCUT2D eigenvalue weighted by molar-refractivity contribution is 1.13. The van der Waals surface area contributed by atoms with Gasteiger partial charge in [-0.2, -0.15) is 5.10 Å². The molecule has 0 saturated carbocycles. The Morgan fingerprint density at radius 2 is 1.94 bits per heavy atom. The average Bonchev–Trinajstić information content (AvgIpc) is 2.71. The van der Waals surface area contributed by atoms with Crippen molar-refractivity contribution in [2.75, 3.05) is 5.73 Å². The molecule has 0 spiro atoms. The number of nitrogens with two attached hydrogens (primary N) is 1. The molecule has 0 bridgehead atoms. The molecular formula is C13H12N4. The van der Waals surface area contributed by atoms with Crippen LogP contribution in [0, 0.1) is 6.92 Å². The molecule has 3 rings (SSSR count). The van der Waals surface area contributed by atoms with Crippen LogP contribution in [0.4, 0.5) is 5.82 Å². The van der Waals surface area contributed by atoms with Crippen molar-refractivity contribution in [1.82, 2.24) is 15.2 Å². The third-order valence-electron chi connectivity index (χ3n) is 2.82. The van der Waals surface area contributed by atoms with Gasteiger partial charge in [-0.25, -0.2) is 0 Å². The number of hydrogen-bond donors (Lipinski definition) is 2. The van der Waals surface area contributed by atoms with E-state index >= 15 is 0 Å². The Bertz CT molecular complexity index is 685. The lowest BCUT2D eigenvalue weighted by atomic mass is 10.0. The van der Waals surface area contributed by atoms with Crippen LogP contribution < -0.4 is 5.73 Å². The fraction of sp³-hybridized carbons (Fsp3) is 0.0769. The zero-order chi connectivity index (χ0) is 11.8. The summed E-state index contributed by atoms with van der Waals surface area (Å²) in [5, 5.41) is 7.83. The van der Waals surface area contributed by atoms with Gasteiger partial charge < -0.3 is 5.73 Å². The van der Waals surface area contributed by atoms with Crippen molar-refractivity contribution in [2.24, 2.45) is 0 Å². The molecule has 4 nitrogen and oxygen atoms in total. The van der Waals surface area contributed by atoms with E-state index in [0.717, 1.165) is 27.7 Å². The van der Waals surface area contributed by atoms with Crippen molar-refractivity contribution in [3.05, 3.63) is 42.2 Å². The summed E-state index contributed by atoms with van der Waals surface area (Å²) in [5.74, 6) is 0.535. The van der Waals surface area contributed by atoms with Crippen molar-refractivity contribution in [1.29, 1.82) is 0 Å². The Hall–Kier alpha value is -2.36. The summed E-state index contributed by atoms with van der Waals surface area (Å²) < 4.78 is 0. The molecule has 1 aromatic carbocycles. The molecule has 4 heteroatoms. The molecule has 3 aromatic rings. The minimum atomic E-state index is 0.535. The van der Waals surface area contributed by atoms with Gasteiger partial charge in [-0.05, 0) is 42.3 Å². The summed E-state index contributed by atoms with van der Waals surface area (Å²) in [6, 6.07) is 10.1. The second-order valence-electron chi connectivity index (χ2n) is 4.06. The zero-order valence-electron chi connectivity index (χ0n) is 9.44. The zero-order valence-corrected chi connectivity index (χ0v) is 9.44. The molecule has 0 aliphatic rings. The largest absolute Gasteiger partial charge is 0.382 e. The van der Waals surface area contributed by atoms with Crippen molar-refractivity contribution < 1.29 is 0 Å². The van der Waals surface area contributed by atoms with Crippen molar-refractivity contribution in [3.8, 4) is 11.1 Å². The van der Waals surface area contributed by atoms with Gasteiger partial charge in [0.2, 0.25) is 0 Å². The molecule has 2 heterocycles. The van der Waals surface area contributed by atoms with Crippen LogP contribution in [0.15, 0.2) is 36.5 Å². The fourth-order valence-corrected chi connectivity index (χ4v) is 1.94. The van der Waals surface area contributed by atoms with E-state index in [2.05, 4.69) is 27.3 Å². The van der Waals surface area contributed by atoms with E-state index in [1.54, 1.807) is 0 Å². The second kappa shape index (κ2) is 3.59. The number of aromatic nitrogens is 3. The highest BCUT2D eigenvalue weighted by Crippen LogP contribution is 2.26. The monoisotopic (exact) mass is 224 g/mol. The summed E-state index contributed by atoms with van der Waals surface area (Å²) in [5.41, 5.74) is 10.0. The van der Waals surface area contributed by atoms with Crippen LogP contribution in [-0.2, 0) is 0 Å². The van der Waals surface area contributed by atoms with E-state index in [4.69, 9.17) is 5.73 Å². The number of pyridine rings is 1. The standard InChI is InChI=1S/C13H12N4/c1-8-6-10(4-5-15-8)9-2-3-12-11(7-9)13(14)17-16-12/h2-7H,1H3,(H3,14,16,17). The smallest absolute Gasteiger partial charge is 0.153 e. The van der Waals surface area contributed by atoms with Crippen LogP contribution >= 0.6 is 0 Å². The lowest BCUT2D eigenvalue weighted by Crippen LogP contribution is -1.85. The summed E-state index contributed by atoms with van der Waals surface area (Å²) in [4.78, 5) is 4.19. The van der Waals surface area contributed by atoms with Gasteiger partial charge in [-0.15, -0.1) is 0 Å². The number of H-pyrrole nitrogens is 1. The number of aromatic amines is 1. The number of fused-ring (bicyclic) bond motifs is 1. The first kappa shape index (κ1) is 9.84. The van der Waals surface area contributed by atoms with E-state index in [9.17, 15) is 0 Å². The third kappa shape index (κ3) is 1.63. The Kier molecular flexibility index (Phi) is 2.08. The maximum Gasteiger partial charge on any atom is 0.153 e. The Morgan fingerprint density at radius 3 is 2.76 bits per heavy atom. The van der Waals surface area contributed by atoms with E-state index in [1.165, 1.54) is 0 Å². The average molecular weight is 224 g/mol. The predicted molar refractivity (Wildman–Crippen MR) is 68.5 cm³/mol. The molecule has 3 N–H and O–H groups in total. The van der Waals surface area contributed by atoms with E-state index < -0.39 is 0 Å². The number of benzene rings is 1. The maximum atomic E-state index is 5.80. The van der Waals surface area contributed by atoms with Crippen LogP contribution in [-0.4, -0.2) is 15.2 Å². The predicted octanol–water partition coefficient (Wildman–Crippen LogP) is 2.52. The van der Waals surface area contributed by atoms with E-state index in [0.29, 0.717) is 5.82 Å². The van der Waals surface area contributed by atoms with Gasteiger partial charge in [-0.3, -0.25) is 10.1 Å². The molecule has 0 aliphatic heterocycles. The first-order valence-electron chi connectivity index (χ1n) is 5.41. The third-order valence-corrected chi connectivity index (χ3v) is 2.82. The summed E-state index contributed by atoms with van der Waals surface area (Å²) in [7, 11) is 0. The number of nitrogens with one attached hydrogen (secondary N) is 1. The molecule has 0 saturated heterocycles. The van der Waals surface area contributed by atoms with Gasteiger partial charge in [-0.1, -0.05) is 6.07 Å². The van der Waals surface area contributed by atoms with Crippen LogP contribution in [0.25, 0.3) is 22.0 Å². The van der Waals surface area contributed by atoms with Gasteiger partial charge >= 0.3 is 0 Å². The number of rotatable bonds is 1. The Morgan fingerprint density at radius 1 is 1.12 bits per heavy atom.